The molecule has 8 heteroatoms. The third-order valence-electron chi connectivity index (χ3n) is 6.63. The van der Waals surface area contributed by atoms with Crippen molar-refractivity contribution in [1.82, 2.24) is 19.2 Å². The van der Waals surface area contributed by atoms with Crippen molar-refractivity contribution in [2.45, 2.75) is 26.2 Å². The molecule has 0 amide bonds. The first-order chi connectivity index (χ1) is 17.3. The summed E-state index contributed by atoms with van der Waals surface area (Å²) in [5.74, 6) is 0.726. The van der Waals surface area contributed by atoms with Crippen molar-refractivity contribution < 1.29 is 9.47 Å². The average molecular weight is 489 g/mol. The van der Waals surface area contributed by atoms with E-state index in [9.17, 15) is 9.59 Å². The first-order valence-electron chi connectivity index (χ1n) is 12.3. The molecule has 0 unspecified atom stereocenters. The number of ether oxygens (including phenoxy) is 2. The molecule has 0 spiro atoms. The van der Waals surface area contributed by atoms with E-state index in [0.717, 1.165) is 54.9 Å². The van der Waals surface area contributed by atoms with Gasteiger partial charge < -0.3 is 9.47 Å². The molecule has 2 heterocycles. The molecule has 1 aliphatic rings. The molecule has 0 bridgehead atoms. The van der Waals surface area contributed by atoms with Crippen LogP contribution in [0.25, 0.3) is 22.1 Å². The highest BCUT2D eigenvalue weighted by atomic mass is 16.5. The van der Waals surface area contributed by atoms with Gasteiger partial charge in [0.2, 0.25) is 0 Å². The minimum Gasteiger partial charge on any atom is -0.492 e. The van der Waals surface area contributed by atoms with Crippen molar-refractivity contribution in [3.05, 3.63) is 87.2 Å². The third-order valence-corrected chi connectivity index (χ3v) is 6.63. The topological polar surface area (TPSA) is 81.5 Å². The van der Waals surface area contributed by atoms with Gasteiger partial charge in [-0.2, -0.15) is 0 Å². The normalized spacial score (nSPS) is 14.9. The molecule has 1 aliphatic heterocycles. The van der Waals surface area contributed by atoms with Crippen molar-refractivity contribution in [1.29, 1.82) is 0 Å². The molecule has 1 fully saturated rings. The van der Waals surface area contributed by atoms with Crippen molar-refractivity contribution in [2.24, 2.45) is 0 Å². The molecule has 0 radical (unpaired) electrons. The van der Waals surface area contributed by atoms with Crippen molar-refractivity contribution in [2.75, 3.05) is 39.5 Å². The van der Waals surface area contributed by atoms with E-state index in [0.29, 0.717) is 18.0 Å². The maximum Gasteiger partial charge on any atom is 0.356 e. The summed E-state index contributed by atoms with van der Waals surface area (Å²) in [7, 11) is 0. The largest absolute Gasteiger partial charge is 0.492 e. The summed E-state index contributed by atoms with van der Waals surface area (Å²) < 4.78 is 14.0. The van der Waals surface area contributed by atoms with Gasteiger partial charge in [0.05, 0.1) is 24.6 Å². The van der Waals surface area contributed by atoms with Gasteiger partial charge in [-0.05, 0) is 35.2 Å². The molecule has 1 saturated heterocycles. The Morgan fingerprint density at radius 2 is 1.69 bits per heavy atom. The molecular weight excluding hydrogens is 456 g/mol. The number of nitrogens with zero attached hydrogens (tertiary/aromatic N) is 3. The van der Waals surface area contributed by atoms with Crippen LogP contribution in [0.3, 0.4) is 0 Å². The predicted molar refractivity (Wildman–Crippen MR) is 141 cm³/mol. The second-order valence-corrected chi connectivity index (χ2v) is 10.1. The number of morpholine rings is 1. The fourth-order valence-corrected chi connectivity index (χ4v) is 4.57. The lowest BCUT2D eigenvalue weighted by Crippen LogP contribution is -2.38. The minimum absolute atomic E-state index is 0.0870. The lowest BCUT2D eigenvalue weighted by molar-refractivity contribution is 0.0323. The van der Waals surface area contributed by atoms with Gasteiger partial charge in [0.1, 0.15) is 12.4 Å². The highest BCUT2D eigenvalue weighted by Crippen LogP contribution is 2.30. The van der Waals surface area contributed by atoms with Crippen LogP contribution in [-0.4, -0.2) is 58.7 Å². The van der Waals surface area contributed by atoms with Gasteiger partial charge in [0.15, 0.2) is 0 Å². The molecule has 0 atom stereocenters. The molecule has 0 saturated carbocycles. The Labute approximate surface area is 209 Å². The Bertz CT molecular complexity index is 1490. The van der Waals surface area contributed by atoms with E-state index >= 15 is 0 Å². The van der Waals surface area contributed by atoms with Gasteiger partial charge in [-0.15, -0.1) is 0 Å². The Morgan fingerprint density at radius 1 is 0.944 bits per heavy atom. The monoisotopic (exact) mass is 488 g/mol. The third kappa shape index (κ3) is 4.74. The van der Waals surface area contributed by atoms with E-state index < -0.39 is 11.4 Å². The zero-order valence-electron chi connectivity index (χ0n) is 21.0. The standard InChI is InChI=1S/C28H32N4O4/c1-28(2,3)20-7-6-8-21(19-20)32-27(34)31(26(33)29-32)24-11-12-25(23-10-5-4-9-22(23)24)36-18-15-30-13-16-35-17-14-30/h4-12,19H,13-18H2,1-3H3,(H,29,33). The minimum atomic E-state index is -0.493. The second kappa shape index (κ2) is 9.79. The van der Waals surface area contributed by atoms with Crippen LogP contribution in [0, 0.1) is 0 Å². The number of fused-ring (bicyclic) bond motifs is 1. The zero-order chi connectivity index (χ0) is 25.3. The van der Waals surface area contributed by atoms with E-state index in [1.54, 1.807) is 6.07 Å². The van der Waals surface area contributed by atoms with E-state index in [2.05, 4.69) is 30.8 Å². The number of rotatable bonds is 6. The number of H-pyrrole nitrogens is 1. The Balaban J connectivity index is 1.49. The van der Waals surface area contributed by atoms with Crippen LogP contribution in [-0.2, 0) is 10.2 Å². The molecule has 4 aromatic rings. The van der Waals surface area contributed by atoms with E-state index in [-0.39, 0.29) is 5.41 Å². The van der Waals surface area contributed by atoms with Gasteiger partial charge in [-0.1, -0.05) is 57.2 Å². The Kier molecular flexibility index (Phi) is 6.55. The van der Waals surface area contributed by atoms with Crippen LogP contribution in [0.4, 0.5) is 0 Å². The number of benzene rings is 3. The SMILES string of the molecule is CC(C)(C)c1cccc(-n2[nH]c(=O)n(-c3ccc(OCCN4CCOCC4)c4ccccc34)c2=O)c1. The first-order valence-corrected chi connectivity index (χ1v) is 12.3. The molecule has 1 aromatic heterocycles. The maximum absolute atomic E-state index is 13.5. The molecule has 36 heavy (non-hydrogen) atoms. The molecule has 3 aromatic carbocycles. The average Bonchev–Trinajstić information content (AvgIpc) is 3.18. The number of nitrogens with one attached hydrogen (secondary N) is 1. The van der Waals surface area contributed by atoms with E-state index in [1.165, 1.54) is 9.25 Å². The van der Waals surface area contributed by atoms with Gasteiger partial charge in [-0.25, -0.2) is 23.9 Å². The molecule has 8 nitrogen and oxygen atoms in total. The Hall–Kier alpha value is -3.62. The predicted octanol–water partition coefficient (Wildman–Crippen LogP) is 3.48. The van der Waals surface area contributed by atoms with Crippen molar-refractivity contribution in [3.63, 3.8) is 0 Å². The lowest BCUT2D eigenvalue weighted by Gasteiger charge is -2.26. The number of hydrogen-bond donors (Lipinski definition) is 1. The van der Waals surface area contributed by atoms with Crippen LogP contribution in [0.2, 0.25) is 0 Å². The van der Waals surface area contributed by atoms with Gasteiger partial charge in [-0.3, -0.25) is 4.90 Å². The van der Waals surface area contributed by atoms with Crippen LogP contribution < -0.4 is 16.1 Å². The lowest BCUT2D eigenvalue weighted by atomic mass is 9.87. The fourth-order valence-electron chi connectivity index (χ4n) is 4.57. The summed E-state index contributed by atoms with van der Waals surface area (Å²) in [6.07, 6.45) is 0. The number of hydrogen-bond acceptors (Lipinski definition) is 5. The molecule has 1 N–H and O–H groups in total. The van der Waals surface area contributed by atoms with E-state index in [4.69, 9.17) is 9.47 Å². The van der Waals surface area contributed by atoms with Crippen LogP contribution in [0.15, 0.2) is 70.3 Å². The summed E-state index contributed by atoms with van der Waals surface area (Å²) in [5, 5.41) is 4.35. The van der Waals surface area contributed by atoms with Crippen molar-refractivity contribution >= 4 is 10.8 Å². The quantitative estimate of drug-likeness (QED) is 0.450. The summed E-state index contributed by atoms with van der Waals surface area (Å²) in [6, 6.07) is 19.0. The summed E-state index contributed by atoms with van der Waals surface area (Å²) in [6.45, 7) is 11.0. The molecule has 0 aliphatic carbocycles. The summed E-state index contributed by atoms with van der Waals surface area (Å²) in [4.78, 5) is 28.8. The smallest absolute Gasteiger partial charge is 0.356 e. The van der Waals surface area contributed by atoms with Crippen molar-refractivity contribution in [3.8, 4) is 17.1 Å². The number of aromatic amines is 1. The van der Waals surface area contributed by atoms with Gasteiger partial charge in [0.25, 0.3) is 0 Å². The fraction of sp³-hybridized carbons (Fsp3) is 0.357. The molecule has 5 rings (SSSR count). The summed E-state index contributed by atoms with van der Waals surface area (Å²) in [5.41, 5.74) is 1.18. The summed E-state index contributed by atoms with van der Waals surface area (Å²) >= 11 is 0. The van der Waals surface area contributed by atoms with Gasteiger partial charge >= 0.3 is 11.4 Å². The number of aromatic nitrogens is 3. The first kappa shape index (κ1) is 24.1. The maximum atomic E-state index is 13.5. The Morgan fingerprint density at radius 3 is 2.44 bits per heavy atom. The zero-order valence-corrected chi connectivity index (χ0v) is 21.0. The highest BCUT2D eigenvalue weighted by Gasteiger charge is 2.19. The molecular formula is C28H32N4O4. The highest BCUT2D eigenvalue weighted by molar-refractivity contribution is 5.94. The second-order valence-electron chi connectivity index (χ2n) is 10.1. The van der Waals surface area contributed by atoms with Crippen LogP contribution in [0.1, 0.15) is 26.3 Å². The van der Waals surface area contributed by atoms with Crippen LogP contribution >= 0.6 is 0 Å². The van der Waals surface area contributed by atoms with Crippen LogP contribution in [0.5, 0.6) is 5.75 Å². The van der Waals surface area contributed by atoms with Gasteiger partial charge in [0, 0.05) is 30.4 Å². The molecule has 188 valence electrons. The van der Waals surface area contributed by atoms with E-state index in [1.807, 2.05) is 54.6 Å².